The Hall–Kier alpha value is -3.41. The molecule has 0 saturated carbocycles. The fourth-order valence-corrected chi connectivity index (χ4v) is 3.29. The Morgan fingerprint density at radius 3 is 2.35 bits per heavy atom. The normalized spacial score (nSPS) is 10.7. The highest BCUT2D eigenvalue weighted by molar-refractivity contribution is 5.95. The van der Waals surface area contributed by atoms with Gasteiger partial charge < -0.3 is 14.6 Å². The number of rotatable bonds is 8. The predicted octanol–water partition coefficient (Wildman–Crippen LogP) is 5.01. The maximum atomic E-state index is 12.4. The van der Waals surface area contributed by atoms with E-state index in [2.05, 4.69) is 36.3 Å². The number of nitrogens with one attached hydrogen (secondary N) is 1. The first-order valence-corrected chi connectivity index (χ1v) is 10.6. The Bertz CT molecular complexity index is 1050. The Balaban J connectivity index is 1.54. The standard InChI is InChI=1S/C25H29N3O3/c1-5-28(6-2)25(30)19-9-11-21(12-10-19)27-23(29)13-14-24-26-16-22(31-24)20-8-7-17(3)18(4)15-20/h7-12,15-16H,5-6,13-14H2,1-4H3,(H,27,29). The van der Waals surface area contributed by atoms with Crippen molar-refractivity contribution in [2.24, 2.45) is 0 Å². The zero-order valence-corrected chi connectivity index (χ0v) is 18.6. The summed E-state index contributed by atoms with van der Waals surface area (Å²) in [6, 6.07) is 13.1. The summed E-state index contributed by atoms with van der Waals surface area (Å²) in [6.45, 7) is 9.37. The molecule has 6 nitrogen and oxygen atoms in total. The third-order valence-electron chi connectivity index (χ3n) is 5.38. The van der Waals surface area contributed by atoms with Gasteiger partial charge in [0, 0.05) is 42.7 Å². The van der Waals surface area contributed by atoms with Crippen LogP contribution >= 0.6 is 0 Å². The first-order chi connectivity index (χ1) is 14.9. The molecule has 0 aliphatic rings. The molecule has 3 aromatic rings. The minimum absolute atomic E-state index is 0.00801. The second-order valence-electron chi connectivity index (χ2n) is 7.52. The van der Waals surface area contributed by atoms with Gasteiger partial charge in [0.15, 0.2) is 11.7 Å². The summed E-state index contributed by atoms with van der Waals surface area (Å²) in [5, 5.41) is 2.85. The van der Waals surface area contributed by atoms with E-state index >= 15 is 0 Å². The van der Waals surface area contributed by atoms with Gasteiger partial charge in [-0.1, -0.05) is 12.1 Å². The van der Waals surface area contributed by atoms with Gasteiger partial charge in [-0.25, -0.2) is 4.98 Å². The molecular formula is C25H29N3O3. The average molecular weight is 420 g/mol. The van der Waals surface area contributed by atoms with Crippen molar-refractivity contribution in [1.82, 2.24) is 9.88 Å². The van der Waals surface area contributed by atoms with Gasteiger partial charge in [-0.3, -0.25) is 9.59 Å². The Morgan fingerprint density at radius 1 is 1.00 bits per heavy atom. The van der Waals surface area contributed by atoms with Gasteiger partial charge in [0.25, 0.3) is 5.91 Å². The van der Waals surface area contributed by atoms with Crippen molar-refractivity contribution in [1.29, 1.82) is 0 Å². The summed E-state index contributed by atoms with van der Waals surface area (Å²) in [5.41, 5.74) is 4.67. The van der Waals surface area contributed by atoms with Gasteiger partial charge in [0.1, 0.15) is 0 Å². The highest BCUT2D eigenvalue weighted by atomic mass is 16.4. The van der Waals surface area contributed by atoms with Gasteiger partial charge in [-0.05, 0) is 69.2 Å². The minimum Gasteiger partial charge on any atom is -0.441 e. The molecule has 31 heavy (non-hydrogen) atoms. The molecular weight excluding hydrogens is 390 g/mol. The van der Waals surface area contributed by atoms with Crippen LogP contribution in [0.25, 0.3) is 11.3 Å². The predicted molar refractivity (Wildman–Crippen MR) is 122 cm³/mol. The molecule has 6 heteroatoms. The number of nitrogens with zero attached hydrogens (tertiary/aromatic N) is 2. The topological polar surface area (TPSA) is 75.4 Å². The molecule has 3 rings (SSSR count). The van der Waals surface area contributed by atoms with Crippen LogP contribution in [-0.2, 0) is 11.2 Å². The van der Waals surface area contributed by atoms with Crippen LogP contribution in [0.15, 0.2) is 53.1 Å². The lowest BCUT2D eigenvalue weighted by molar-refractivity contribution is -0.116. The molecule has 0 fully saturated rings. The Kier molecular flexibility index (Phi) is 7.23. The molecule has 0 unspecified atom stereocenters. The fraction of sp³-hybridized carbons (Fsp3) is 0.320. The summed E-state index contributed by atoms with van der Waals surface area (Å²) in [4.78, 5) is 30.7. The molecule has 2 amide bonds. The molecule has 0 saturated heterocycles. The first-order valence-electron chi connectivity index (χ1n) is 10.6. The SMILES string of the molecule is CCN(CC)C(=O)c1ccc(NC(=O)CCc2ncc(-c3ccc(C)c(C)c3)o2)cc1. The number of hydrogen-bond donors (Lipinski definition) is 1. The van der Waals surface area contributed by atoms with E-state index in [0.717, 1.165) is 5.56 Å². The van der Waals surface area contributed by atoms with Gasteiger partial charge in [-0.15, -0.1) is 0 Å². The van der Waals surface area contributed by atoms with Crippen molar-refractivity contribution in [3.05, 3.63) is 71.2 Å². The molecule has 162 valence electrons. The van der Waals surface area contributed by atoms with Crippen molar-refractivity contribution in [3.8, 4) is 11.3 Å². The molecule has 0 atom stereocenters. The van der Waals surface area contributed by atoms with Crippen LogP contribution in [0.1, 0.15) is 47.6 Å². The summed E-state index contributed by atoms with van der Waals surface area (Å²) in [6.07, 6.45) is 2.37. The molecule has 2 aromatic carbocycles. The average Bonchev–Trinajstić information content (AvgIpc) is 3.24. The van der Waals surface area contributed by atoms with E-state index in [4.69, 9.17) is 4.42 Å². The van der Waals surface area contributed by atoms with E-state index in [1.807, 2.05) is 19.9 Å². The van der Waals surface area contributed by atoms with Gasteiger partial charge in [0.05, 0.1) is 6.20 Å². The summed E-state index contributed by atoms with van der Waals surface area (Å²) in [5.74, 6) is 1.09. The molecule has 0 aliphatic heterocycles. The van der Waals surface area contributed by atoms with E-state index in [1.54, 1.807) is 35.4 Å². The first kappa shape index (κ1) is 22.3. The quantitative estimate of drug-likeness (QED) is 0.557. The van der Waals surface area contributed by atoms with Crippen molar-refractivity contribution in [2.45, 2.75) is 40.5 Å². The largest absolute Gasteiger partial charge is 0.441 e. The van der Waals surface area contributed by atoms with Crippen molar-refractivity contribution < 1.29 is 14.0 Å². The second-order valence-corrected chi connectivity index (χ2v) is 7.52. The van der Waals surface area contributed by atoms with E-state index in [1.165, 1.54) is 11.1 Å². The van der Waals surface area contributed by atoms with Crippen LogP contribution in [0, 0.1) is 13.8 Å². The highest BCUT2D eigenvalue weighted by Crippen LogP contribution is 2.23. The van der Waals surface area contributed by atoms with Crippen LogP contribution < -0.4 is 5.32 Å². The Morgan fingerprint density at radius 2 is 1.71 bits per heavy atom. The number of oxazole rings is 1. The lowest BCUT2D eigenvalue weighted by Crippen LogP contribution is -2.30. The molecule has 0 bridgehead atoms. The van der Waals surface area contributed by atoms with E-state index in [0.29, 0.717) is 42.4 Å². The maximum absolute atomic E-state index is 12.4. The number of aryl methyl sites for hydroxylation is 3. The number of benzene rings is 2. The second kappa shape index (κ2) is 10.1. The molecule has 0 spiro atoms. The molecule has 1 aromatic heterocycles. The summed E-state index contributed by atoms with van der Waals surface area (Å²) >= 11 is 0. The Labute approximate surface area is 183 Å². The monoisotopic (exact) mass is 419 g/mol. The molecule has 1 N–H and O–H groups in total. The summed E-state index contributed by atoms with van der Waals surface area (Å²) < 4.78 is 5.82. The highest BCUT2D eigenvalue weighted by Gasteiger charge is 2.13. The number of amides is 2. The molecule has 0 aliphatic carbocycles. The van der Waals surface area contributed by atoms with Crippen LogP contribution in [-0.4, -0.2) is 34.8 Å². The third-order valence-corrected chi connectivity index (χ3v) is 5.38. The smallest absolute Gasteiger partial charge is 0.253 e. The van der Waals surface area contributed by atoms with Crippen LogP contribution in [0.3, 0.4) is 0 Å². The molecule has 0 radical (unpaired) electrons. The number of hydrogen-bond acceptors (Lipinski definition) is 4. The van der Waals surface area contributed by atoms with Crippen molar-refractivity contribution in [3.63, 3.8) is 0 Å². The number of aromatic nitrogens is 1. The lowest BCUT2D eigenvalue weighted by Gasteiger charge is -2.18. The van der Waals surface area contributed by atoms with E-state index in [-0.39, 0.29) is 18.2 Å². The van der Waals surface area contributed by atoms with Crippen LogP contribution in [0.2, 0.25) is 0 Å². The zero-order chi connectivity index (χ0) is 22.4. The number of carbonyl (C=O) groups is 2. The van der Waals surface area contributed by atoms with E-state index < -0.39 is 0 Å². The van der Waals surface area contributed by atoms with Crippen LogP contribution in [0.4, 0.5) is 5.69 Å². The zero-order valence-electron chi connectivity index (χ0n) is 18.6. The molecule has 1 heterocycles. The number of carbonyl (C=O) groups excluding carboxylic acids is 2. The van der Waals surface area contributed by atoms with Gasteiger partial charge in [0.2, 0.25) is 5.91 Å². The van der Waals surface area contributed by atoms with Gasteiger partial charge in [-0.2, -0.15) is 0 Å². The van der Waals surface area contributed by atoms with Gasteiger partial charge >= 0.3 is 0 Å². The van der Waals surface area contributed by atoms with Crippen LogP contribution in [0.5, 0.6) is 0 Å². The van der Waals surface area contributed by atoms with Crippen molar-refractivity contribution in [2.75, 3.05) is 18.4 Å². The minimum atomic E-state index is -0.131. The maximum Gasteiger partial charge on any atom is 0.253 e. The third kappa shape index (κ3) is 5.60. The number of anilines is 1. The fourth-order valence-electron chi connectivity index (χ4n) is 3.29. The summed E-state index contributed by atoms with van der Waals surface area (Å²) in [7, 11) is 0. The van der Waals surface area contributed by atoms with Crippen molar-refractivity contribution >= 4 is 17.5 Å². The lowest BCUT2D eigenvalue weighted by atomic mass is 10.1. The van der Waals surface area contributed by atoms with E-state index in [9.17, 15) is 9.59 Å².